The molecule has 1 fully saturated rings. The number of carbonyl (C=O) groups is 1. The average Bonchev–Trinajstić information content (AvgIpc) is 2.71. The van der Waals surface area contributed by atoms with Crippen LogP contribution in [0.2, 0.25) is 0 Å². The van der Waals surface area contributed by atoms with Crippen LogP contribution in [-0.2, 0) is 9.53 Å². The minimum atomic E-state index is 0.635. The predicted molar refractivity (Wildman–Crippen MR) is 37.6 cm³/mol. The van der Waals surface area contributed by atoms with Crippen LogP contribution in [0.5, 0.6) is 0 Å². The Bertz CT molecular complexity index is 102. The molecule has 0 heterocycles. The van der Waals surface area contributed by atoms with E-state index >= 15 is 0 Å². The molecule has 0 radical (unpaired) electrons. The van der Waals surface area contributed by atoms with E-state index in [0.717, 1.165) is 12.5 Å². The molecule has 0 aromatic heterocycles. The summed E-state index contributed by atoms with van der Waals surface area (Å²) in [4.78, 5) is 9.75. The third-order valence-electron chi connectivity index (χ3n) is 1.52. The molecule has 3 heteroatoms. The van der Waals surface area contributed by atoms with Gasteiger partial charge >= 0.3 is 0 Å². The van der Waals surface area contributed by atoms with Gasteiger partial charge in [-0.3, -0.25) is 4.79 Å². The molecule has 1 N–H and O–H groups in total. The minimum absolute atomic E-state index is 0.635. The molecule has 1 amide bonds. The van der Waals surface area contributed by atoms with Gasteiger partial charge in [0.15, 0.2) is 0 Å². The first-order chi connectivity index (χ1) is 4.93. The van der Waals surface area contributed by atoms with Crippen LogP contribution < -0.4 is 5.32 Å². The van der Waals surface area contributed by atoms with Gasteiger partial charge in [0.1, 0.15) is 0 Å². The highest BCUT2D eigenvalue weighted by molar-refractivity contribution is 5.45. The number of hydrogen-bond acceptors (Lipinski definition) is 2. The predicted octanol–water partition coefficient (Wildman–Crippen LogP) is 0.159. The van der Waals surface area contributed by atoms with Gasteiger partial charge in [0, 0.05) is 13.2 Å². The molecule has 0 aromatic rings. The summed E-state index contributed by atoms with van der Waals surface area (Å²) >= 11 is 0. The smallest absolute Gasteiger partial charge is 0.207 e. The lowest BCUT2D eigenvalue weighted by atomic mass is 10.5. The summed E-state index contributed by atoms with van der Waals surface area (Å²) in [7, 11) is 0. The quantitative estimate of drug-likeness (QED) is 0.425. The number of hydrogen-bond donors (Lipinski definition) is 1. The lowest BCUT2D eigenvalue weighted by molar-refractivity contribution is -0.109. The normalized spacial score (nSPS) is 16.8. The van der Waals surface area contributed by atoms with Crippen LogP contribution in [0, 0.1) is 5.92 Å². The summed E-state index contributed by atoms with van der Waals surface area (Å²) < 4.78 is 5.24. The van der Waals surface area contributed by atoms with E-state index in [4.69, 9.17) is 4.74 Å². The molecule has 1 rings (SSSR count). The zero-order valence-corrected chi connectivity index (χ0v) is 6.01. The summed E-state index contributed by atoms with van der Waals surface area (Å²) in [6, 6.07) is 0. The molecule has 0 unspecified atom stereocenters. The molecule has 1 aliphatic carbocycles. The Labute approximate surface area is 60.7 Å². The van der Waals surface area contributed by atoms with Gasteiger partial charge < -0.3 is 10.1 Å². The topological polar surface area (TPSA) is 38.3 Å². The Balaban J connectivity index is 1.72. The van der Waals surface area contributed by atoms with E-state index in [-0.39, 0.29) is 0 Å². The van der Waals surface area contributed by atoms with Gasteiger partial charge in [-0.25, -0.2) is 0 Å². The highest BCUT2D eigenvalue weighted by Crippen LogP contribution is 2.28. The molecule has 0 aliphatic heterocycles. The molecule has 3 nitrogen and oxygen atoms in total. The number of ether oxygens (including phenoxy) is 1. The van der Waals surface area contributed by atoms with Crippen molar-refractivity contribution >= 4 is 6.41 Å². The molecule has 0 saturated heterocycles. The van der Waals surface area contributed by atoms with Crippen LogP contribution in [0.4, 0.5) is 0 Å². The maximum absolute atomic E-state index is 9.75. The van der Waals surface area contributed by atoms with Crippen LogP contribution >= 0.6 is 0 Å². The Morgan fingerprint density at radius 1 is 1.60 bits per heavy atom. The van der Waals surface area contributed by atoms with Crippen molar-refractivity contribution in [2.75, 3.05) is 19.8 Å². The average molecular weight is 143 g/mol. The Morgan fingerprint density at radius 3 is 3.00 bits per heavy atom. The standard InChI is InChI=1S/C7H13NO2/c9-6-8-3-4-10-5-7-1-2-7/h6-7H,1-5H2,(H,8,9). The lowest BCUT2D eigenvalue weighted by Crippen LogP contribution is -2.17. The molecule has 10 heavy (non-hydrogen) atoms. The monoisotopic (exact) mass is 143 g/mol. The van der Waals surface area contributed by atoms with Crippen molar-refractivity contribution in [1.82, 2.24) is 5.32 Å². The lowest BCUT2D eigenvalue weighted by Gasteiger charge is -2.00. The first kappa shape index (κ1) is 7.54. The summed E-state index contributed by atoms with van der Waals surface area (Å²) in [5.41, 5.74) is 0. The van der Waals surface area contributed by atoms with Gasteiger partial charge in [-0.2, -0.15) is 0 Å². The van der Waals surface area contributed by atoms with Crippen LogP contribution in [-0.4, -0.2) is 26.2 Å². The zero-order chi connectivity index (χ0) is 7.23. The summed E-state index contributed by atoms with van der Waals surface area (Å²) in [5, 5.41) is 2.54. The van der Waals surface area contributed by atoms with Crippen LogP contribution in [0.15, 0.2) is 0 Å². The number of nitrogens with one attached hydrogen (secondary N) is 1. The van der Waals surface area contributed by atoms with E-state index in [1.54, 1.807) is 0 Å². The van der Waals surface area contributed by atoms with Gasteiger partial charge in [0.25, 0.3) is 0 Å². The third kappa shape index (κ3) is 3.45. The first-order valence-corrected chi connectivity index (χ1v) is 3.68. The summed E-state index contributed by atoms with van der Waals surface area (Å²) in [6.07, 6.45) is 3.34. The van der Waals surface area contributed by atoms with E-state index < -0.39 is 0 Å². The summed E-state index contributed by atoms with van der Waals surface area (Å²) in [6.45, 7) is 2.16. The van der Waals surface area contributed by atoms with Gasteiger partial charge in [0.05, 0.1) is 6.61 Å². The fourth-order valence-corrected chi connectivity index (χ4v) is 0.725. The number of amides is 1. The van der Waals surface area contributed by atoms with E-state index in [1.165, 1.54) is 12.8 Å². The second-order valence-corrected chi connectivity index (χ2v) is 2.59. The molecule has 1 saturated carbocycles. The summed E-state index contributed by atoms with van der Waals surface area (Å²) in [5.74, 6) is 0.816. The highest BCUT2D eigenvalue weighted by Gasteiger charge is 2.20. The van der Waals surface area contributed by atoms with Crippen molar-refractivity contribution in [2.45, 2.75) is 12.8 Å². The Morgan fingerprint density at radius 2 is 2.40 bits per heavy atom. The van der Waals surface area contributed by atoms with Crippen molar-refractivity contribution in [3.05, 3.63) is 0 Å². The third-order valence-corrected chi connectivity index (χ3v) is 1.52. The van der Waals surface area contributed by atoms with Crippen molar-refractivity contribution in [3.8, 4) is 0 Å². The maximum atomic E-state index is 9.75. The SMILES string of the molecule is O=CNCCOCC1CC1. The molecule has 0 spiro atoms. The van der Waals surface area contributed by atoms with E-state index in [9.17, 15) is 4.79 Å². The van der Waals surface area contributed by atoms with Crippen LogP contribution in [0.3, 0.4) is 0 Å². The van der Waals surface area contributed by atoms with Crippen molar-refractivity contribution in [3.63, 3.8) is 0 Å². The fraction of sp³-hybridized carbons (Fsp3) is 0.857. The molecule has 0 bridgehead atoms. The Hall–Kier alpha value is -0.570. The number of rotatable bonds is 6. The van der Waals surface area contributed by atoms with Crippen molar-refractivity contribution < 1.29 is 9.53 Å². The second-order valence-electron chi connectivity index (χ2n) is 2.59. The van der Waals surface area contributed by atoms with Crippen LogP contribution in [0.25, 0.3) is 0 Å². The number of carbonyl (C=O) groups excluding carboxylic acids is 1. The molecule has 0 atom stereocenters. The van der Waals surface area contributed by atoms with E-state index in [1.807, 2.05) is 0 Å². The zero-order valence-electron chi connectivity index (χ0n) is 6.01. The van der Waals surface area contributed by atoms with Gasteiger partial charge in [0.2, 0.25) is 6.41 Å². The van der Waals surface area contributed by atoms with Gasteiger partial charge in [-0.1, -0.05) is 0 Å². The van der Waals surface area contributed by atoms with Crippen LogP contribution in [0.1, 0.15) is 12.8 Å². The van der Waals surface area contributed by atoms with Gasteiger partial charge in [-0.15, -0.1) is 0 Å². The molecular formula is C7H13NO2. The Kier molecular flexibility index (Phi) is 3.22. The van der Waals surface area contributed by atoms with Crippen molar-refractivity contribution in [2.24, 2.45) is 5.92 Å². The van der Waals surface area contributed by atoms with E-state index in [0.29, 0.717) is 19.6 Å². The molecule has 58 valence electrons. The molecular weight excluding hydrogens is 130 g/mol. The molecule has 1 aliphatic rings. The second kappa shape index (κ2) is 4.28. The molecule has 0 aromatic carbocycles. The van der Waals surface area contributed by atoms with Crippen molar-refractivity contribution in [1.29, 1.82) is 0 Å². The van der Waals surface area contributed by atoms with Gasteiger partial charge in [-0.05, 0) is 18.8 Å². The fourth-order valence-electron chi connectivity index (χ4n) is 0.725. The first-order valence-electron chi connectivity index (χ1n) is 3.68. The highest BCUT2D eigenvalue weighted by atomic mass is 16.5. The largest absolute Gasteiger partial charge is 0.379 e. The minimum Gasteiger partial charge on any atom is -0.379 e. The maximum Gasteiger partial charge on any atom is 0.207 e. The van der Waals surface area contributed by atoms with E-state index in [2.05, 4.69) is 5.32 Å².